The van der Waals surface area contributed by atoms with Crippen molar-refractivity contribution in [2.75, 3.05) is 20.1 Å². The van der Waals surface area contributed by atoms with E-state index in [9.17, 15) is 0 Å². The maximum absolute atomic E-state index is 6.28. The van der Waals surface area contributed by atoms with E-state index < -0.39 is 0 Å². The van der Waals surface area contributed by atoms with E-state index in [2.05, 4.69) is 18.9 Å². The van der Waals surface area contributed by atoms with E-state index in [4.69, 9.17) is 28.9 Å². The molecular formula is C14H20Cl2N2. The van der Waals surface area contributed by atoms with Gasteiger partial charge in [-0.1, -0.05) is 42.3 Å². The lowest BCUT2D eigenvalue weighted by Crippen LogP contribution is -2.32. The highest BCUT2D eigenvalue weighted by Crippen LogP contribution is 2.40. The Balaban J connectivity index is 2.14. The van der Waals surface area contributed by atoms with Crippen LogP contribution in [0.3, 0.4) is 0 Å². The normalized spacial score (nSPS) is 24.3. The van der Waals surface area contributed by atoms with E-state index in [1.807, 2.05) is 18.2 Å². The zero-order valence-electron chi connectivity index (χ0n) is 10.9. The molecule has 3 atom stereocenters. The van der Waals surface area contributed by atoms with Gasteiger partial charge in [0.2, 0.25) is 0 Å². The Morgan fingerprint density at radius 2 is 2.11 bits per heavy atom. The third kappa shape index (κ3) is 3.00. The van der Waals surface area contributed by atoms with E-state index in [1.165, 1.54) is 6.42 Å². The molecule has 2 rings (SSSR count). The second kappa shape index (κ2) is 5.79. The smallest absolute Gasteiger partial charge is 0.0640 e. The average Bonchev–Trinajstić information content (AvgIpc) is 3.01. The largest absolute Gasteiger partial charge is 0.329 e. The number of halogens is 2. The fourth-order valence-electron chi connectivity index (χ4n) is 2.47. The molecule has 2 nitrogen and oxygen atoms in total. The van der Waals surface area contributed by atoms with Crippen LogP contribution in [0.5, 0.6) is 0 Å². The van der Waals surface area contributed by atoms with Crippen molar-refractivity contribution in [3.05, 3.63) is 33.8 Å². The topological polar surface area (TPSA) is 29.3 Å². The molecule has 1 aromatic rings. The van der Waals surface area contributed by atoms with Gasteiger partial charge in [-0.2, -0.15) is 0 Å². The molecule has 1 aromatic carbocycles. The molecule has 0 aliphatic heterocycles. The van der Waals surface area contributed by atoms with Crippen LogP contribution in [0, 0.1) is 11.8 Å². The Morgan fingerprint density at radius 3 is 2.67 bits per heavy atom. The van der Waals surface area contributed by atoms with Crippen molar-refractivity contribution in [1.82, 2.24) is 4.90 Å². The molecule has 4 heteroatoms. The monoisotopic (exact) mass is 286 g/mol. The second-order valence-electron chi connectivity index (χ2n) is 5.31. The van der Waals surface area contributed by atoms with Crippen LogP contribution in [-0.4, -0.2) is 25.0 Å². The molecule has 18 heavy (non-hydrogen) atoms. The van der Waals surface area contributed by atoms with Crippen molar-refractivity contribution in [2.24, 2.45) is 17.6 Å². The Hall–Kier alpha value is -0.280. The molecule has 0 bridgehead atoms. The van der Waals surface area contributed by atoms with Crippen molar-refractivity contribution >= 4 is 23.2 Å². The highest BCUT2D eigenvalue weighted by atomic mass is 35.5. The summed E-state index contributed by atoms with van der Waals surface area (Å²) in [6.45, 7) is 3.92. The first-order valence-corrected chi connectivity index (χ1v) is 7.14. The maximum atomic E-state index is 6.28. The van der Waals surface area contributed by atoms with Crippen LogP contribution in [0.15, 0.2) is 18.2 Å². The quantitative estimate of drug-likeness (QED) is 0.897. The number of hydrogen-bond acceptors (Lipinski definition) is 2. The van der Waals surface area contributed by atoms with Crippen LogP contribution in [0.1, 0.15) is 24.9 Å². The molecule has 1 aliphatic rings. The van der Waals surface area contributed by atoms with Crippen molar-refractivity contribution in [3.8, 4) is 0 Å². The van der Waals surface area contributed by atoms with Crippen LogP contribution in [-0.2, 0) is 0 Å². The molecule has 0 heterocycles. The van der Waals surface area contributed by atoms with Crippen LogP contribution in [0.2, 0.25) is 10.0 Å². The summed E-state index contributed by atoms with van der Waals surface area (Å²) in [5.41, 5.74) is 6.94. The molecule has 1 fully saturated rings. The lowest BCUT2D eigenvalue weighted by molar-refractivity contribution is 0.237. The van der Waals surface area contributed by atoms with Gasteiger partial charge < -0.3 is 5.73 Å². The van der Waals surface area contributed by atoms with E-state index in [-0.39, 0.29) is 6.04 Å². The Kier molecular flexibility index (Phi) is 4.54. The third-order valence-electron chi connectivity index (χ3n) is 3.89. The first-order chi connectivity index (χ1) is 8.54. The van der Waals surface area contributed by atoms with Gasteiger partial charge in [0, 0.05) is 19.1 Å². The molecule has 0 amide bonds. The Morgan fingerprint density at radius 1 is 1.44 bits per heavy atom. The fourth-order valence-corrected chi connectivity index (χ4v) is 2.91. The van der Waals surface area contributed by atoms with E-state index in [0.29, 0.717) is 16.6 Å². The molecule has 2 N–H and O–H groups in total. The van der Waals surface area contributed by atoms with Crippen molar-refractivity contribution < 1.29 is 0 Å². The number of rotatable bonds is 5. The summed E-state index contributed by atoms with van der Waals surface area (Å²) in [6.07, 6.45) is 1.32. The zero-order chi connectivity index (χ0) is 13.3. The van der Waals surface area contributed by atoms with Crippen molar-refractivity contribution in [1.29, 1.82) is 0 Å². The van der Waals surface area contributed by atoms with Gasteiger partial charge in [-0.3, -0.25) is 4.90 Å². The number of benzene rings is 1. The summed E-state index contributed by atoms with van der Waals surface area (Å²) in [5, 5.41) is 1.23. The lowest BCUT2D eigenvalue weighted by Gasteiger charge is -2.28. The number of nitrogens with two attached hydrogens (primary N) is 1. The zero-order valence-corrected chi connectivity index (χ0v) is 12.4. The Labute approximate surface area is 119 Å². The van der Waals surface area contributed by atoms with Crippen LogP contribution in [0.4, 0.5) is 0 Å². The van der Waals surface area contributed by atoms with E-state index >= 15 is 0 Å². The summed E-state index contributed by atoms with van der Waals surface area (Å²) in [6, 6.07) is 5.89. The van der Waals surface area contributed by atoms with Crippen molar-refractivity contribution in [2.45, 2.75) is 19.4 Å². The van der Waals surface area contributed by atoms with Gasteiger partial charge in [-0.25, -0.2) is 0 Å². The maximum Gasteiger partial charge on any atom is 0.0640 e. The predicted molar refractivity (Wildman–Crippen MR) is 78.2 cm³/mol. The van der Waals surface area contributed by atoms with Gasteiger partial charge in [-0.15, -0.1) is 0 Å². The van der Waals surface area contributed by atoms with Crippen molar-refractivity contribution in [3.63, 3.8) is 0 Å². The average molecular weight is 287 g/mol. The van der Waals surface area contributed by atoms with E-state index in [1.54, 1.807) is 0 Å². The van der Waals surface area contributed by atoms with Gasteiger partial charge in [0.15, 0.2) is 0 Å². The van der Waals surface area contributed by atoms with E-state index in [0.717, 1.165) is 23.9 Å². The minimum absolute atomic E-state index is 0.143. The lowest BCUT2D eigenvalue weighted by atomic mass is 10.1. The highest BCUT2D eigenvalue weighted by Gasteiger charge is 2.34. The summed E-state index contributed by atoms with van der Waals surface area (Å²) in [7, 11) is 2.11. The molecule has 0 radical (unpaired) electrons. The standard InChI is InChI=1S/C14H20Cl2N2/c1-9-6-10(9)8-18(2)13(7-17)11-4-3-5-12(15)14(11)16/h3-5,9-10,13H,6-8,17H2,1-2H3. The van der Waals surface area contributed by atoms with Gasteiger partial charge in [0.1, 0.15) is 0 Å². The van der Waals surface area contributed by atoms with Gasteiger partial charge >= 0.3 is 0 Å². The van der Waals surface area contributed by atoms with Gasteiger partial charge in [0.05, 0.1) is 10.0 Å². The Bertz CT molecular complexity index is 422. The highest BCUT2D eigenvalue weighted by molar-refractivity contribution is 6.42. The SMILES string of the molecule is CC1CC1CN(C)C(CN)c1cccc(Cl)c1Cl. The molecule has 0 aromatic heterocycles. The molecule has 1 aliphatic carbocycles. The molecule has 1 saturated carbocycles. The minimum Gasteiger partial charge on any atom is -0.329 e. The van der Waals surface area contributed by atoms with Gasteiger partial charge in [-0.05, 0) is 36.9 Å². The third-order valence-corrected chi connectivity index (χ3v) is 4.73. The van der Waals surface area contributed by atoms with Gasteiger partial charge in [0.25, 0.3) is 0 Å². The second-order valence-corrected chi connectivity index (χ2v) is 6.09. The first kappa shape index (κ1) is 14.1. The summed E-state index contributed by atoms with van der Waals surface area (Å²) >= 11 is 12.3. The van der Waals surface area contributed by atoms with Crippen LogP contribution >= 0.6 is 23.2 Å². The molecule has 100 valence electrons. The summed E-state index contributed by atoms with van der Waals surface area (Å²) < 4.78 is 0. The van der Waals surface area contributed by atoms with Crippen LogP contribution in [0.25, 0.3) is 0 Å². The number of likely N-dealkylation sites (N-methyl/N-ethyl adjacent to an activating group) is 1. The van der Waals surface area contributed by atoms with Crippen LogP contribution < -0.4 is 5.73 Å². The summed E-state index contributed by atoms with van der Waals surface area (Å²) in [5.74, 6) is 1.66. The molecule has 0 spiro atoms. The fraction of sp³-hybridized carbons (Fsp3) is 0.571. The summed E-state index contributed by atoms with van der Waals surface area (Å²) in [4.78, 5) is 2.30. The molecule has 3 unspecified atom stereocenters. The number of nitrogens with zero attached hydrogens (tertiary/aromatic N) is 1. The molecule has 0 saturated heterocycles. The number of hydrogen-bond donors (Lipinski definition) is 1. The first-order valence-electron chi connectivity index (χ1n) is 6.38. The predicted octanol–water partition coefficient (Wildman–Crippen LogP) is 3.58. The molecular weight excluding hydrogens is 267 g/mol. The minimum atomic E-state index is 0.143.